The third kappa shape index (κ3) is 3.88. The van der Waals surface area contributed by atoms with Crippen molar-refractivity contribution in [3.05, 3.63) is 99.6 Å². The van der Waals surface area contributed by atoms with Gasteiger partial charge in [0.15, 0.2) is 0 Å². The Bertz CT molecular complexity index is 1840. The quantitative estimate of drug-likeness (QED) is 0.224. The van der Waals surface area contributed by atoms with Crippen molar-refractivity contribution in [3.8, 4) is 0 Å². The van der Waals surface area contributed by atoms with Crippen LogP contribution in [0.2, 0.25) is 0 Å². The molecule has 0 saturated heterocycles. The number of amides is 1. The molecule has 6 rings (SSSR count). The van der Waals surface area contributed by atoms with Crippen molar-refractivity contribution in [1.29, 1.82) is 0 Å². The number of hydrogen-bond donors (Lipinski definition) is 0. The molecule has 0 atom stereocenters. The third-order valence-corrected chi connectivity index (χ3v) is 7.10. The number of carbonyl (C=O) groups excluding carboxylic acids is 1. The minimum Gasteiger partial charge on any atom is -0.463 e. The molecule has 0 radical (unpaired) electrons. The smallest absolute Gasteiger partial charge is 0.280 e. The van der Waals surface area contributed by atoms with Gasteiger partial charge in [-0.25, -0.2) is 14.4 Å². The van der Waals surface area contributed by atoms with Crippen LogP contribution in [0.15, 0.2) is 86.8 Å². The molecule has 0 saturated carbocycles. The van der Waals surface area contributed by atoms with Crippen molar-refractivity contribution in [1.82, 2.24) is 9.97 Å². The number of hydrogen-bond acceptors (Lipinski definition) is 8. The maximum absolute atomic E-state index is 13.7. The molecule has 170 valence electrons. The standard InChI is InChI=1S/C25H13FN4O3S2/c26-16-6-8-19-22(10-16)35-25(29-19)30(24(32)14-5-7-18-21(9-14)34-13-27-18)28-11-15-12-33-20-4-2-1-3-17(20)23(15)31/h1-13H/b28-11+. The topological polar surface area (TPSA) is 88.7 Å². The molecule has 6 aromatic rings. The lowest BCUT2D eigenvalue weighted by molar-refractivity contribution is 0.0988. The first-order chi connectivity index (χ1) is 17.1. The summed E-state index contributed by atoms with van der Waals surface area (Å²) in [6, 6.07) is 16.2. The summed E-state index contributed by atoms with van der Waals surface area (Å²) in [6.07, 6.45) is 2.57. The molecule has 0 unspecified atom stereocenters. The number of thiazole rings is 2. The average molecular weight is 501 g/mol. The normalized spacial score (nSPS) is 11.7. The first-order valence-corrected chi connectivity index (χ1v) is 12.0. The summed E-state index contributed by atoms with van der Waals surface area (Å²) in [6.45, 7) is 0. The molecule has 0 fully saturated rings. The fourth-order valence-corrected chi connectivity index (χ4v) is 5.24. The SMILES string of the molecule is O=C(c1ccc2ncsc2c1)N(/N=C/c1coc2ccccc2c1=O)c1nc2ccc(F)cc2s1. The number of halogens is 1. The summed E-state index contributed by atoms with van der Waals surface area (Å²) in [7, 11) is 0. The number of para-hydroxylation sites is 1. The zero-order chi connectivity index (χ0) is 23.9. The van der Waals surface area contributed by atoms with Gasteiger partial charge in [-0.1, -0.05) is 23.5 Å². The van der Waals surface area contributed by atoms with Gasteiger partial charge in [0.1, 0.15) is 17.7 Å². The van der Waals surface area contributed by atoms with Crippen molar-refractivity contribution in [2.45, 2.75) is 0 Å². The van der Waals surface area contributed by atoms with Crippen molar-refractivity contribution in [2.24, 2.45) is 5.10 Å². The Labute approximate surface area is 204 Å². The van der Waals surface area contributed by atoms with Gasteiger partial charge in [0.25, 0.3) is 5.91 Å². The number of hydrazone groups is 1. The Morgan fingerprint density at radius 1 is 1.06 bits per heavy atom. The summed E-state index contributed by atoms with van der Waals surface area (Å²) in [5.41, 5.74) is 3.74. The number of fused-ring (bicyclic) bond motifs is 3. The predicted molar refractivity (Wildman–Crippen MR) is 136 cm³/mol. The molecular weight excluding hydrogens is 487 g/mol. The van der Waals surface area contributed by atoms with Crippen LogP contribution in [0.25, 0.3) is 31.4 Å². The number of aromatic nitrogens is 2. The molecule has 0 aliphatic carbocycles. The van der Waals surface area contributed by atoms with Crippen LogP contribution in [0.5, 0.6) is 0 Å². The Kier molecular flexibility index (Phi) is 5.16. The molecule has 3 heterocycles. The zero-order valence-corrected chi connectivity index (χ0v) is 19.3. The maximum atomic E-state index is 13.7. The highest BCUT2D eigenvalue weighted by Crippen LogP contribution is 2.31. The van der Waals surface area contributed by atoms with Crippen molar-refractivity contribution in [2.75, 3.05) is 5.01 Å². The summed E-state index contributed by atoms with van der Waals surface area (Å²) in [5, 5.41) is 6.09. The fraction of sp³-hybridized carbons (Fsp3) is 0. The second-order valence-electron chi connectivity index (χ2n) is 7.52. The van der Waals surface area contributed by atoms with Gasteiger partial charge in [0.2, 0.25) is 10.6 Å². The van der Waals surface area contributed by atoms with Gasteiger partial charge in [0.05, 0.1) is 43.1 Å². The number of anilines is 1. The molecule has 0 spiro atoms. The van der Waals surface area contributed by atoms with Crippen LogP contribution in [0.1, 0.15) is 15.9 Å². The van der Waals surface area contributed by atoms with Gasteiger partial charge in [-0.15, -0.1) is 11.3 Å². The Morgan fingerprint density at radius 2 is 1.91 bits per heavy atom. The molecule has 0 bridgehead atoms. The molecule has 10 heteroatoms. The summed E-state index contributed by atoms with van der Waals surface area (Å²) < 4.78 is 20.7. The summed E-state index contributed by atoms with van der Waals surface area (Å²) in [4.78, 5) is 35.2. The molecule has 0 aliphatic heterocycles. The Morgan fingerprint density at radius 3 is 2.83 bits per heavy atom. The first-order valence-electron chi connectivity index (χ1n) is 10.4. The van der Waals surface area contributed by atoms with Crippen molar-refractivity contribution in [3.63, 3.8) is 0 Å². The van der Waals surface area contributed by atoms with Crippen LogP contribution in [0.3, 0.4) is 0 Å². The van der Waals surface area contributed by atoms with Gasteiger partial charge in [-0.05, 0) is 48.5 Å². The van der Waals surface area contributed by atoms with Gasteiger partial charge in [-0.2, -0.15) is 10.1 Å². The third-order valence-electron chi connectivity index (χ3n) is 5.31. The predicted octanol–water partition coefficient (Wildman–Crippen LogP) is 5.83. The lowest BCUT2D eigenvalue weighted by Gasteiger charge is -2.13. The van der Waals surface area contributed by atoms with Gasteiger partial charge < -0.3 is 4.42 Å². The molecule has 0 N–H and O–H groups in total. The highest BCUT2D eigenvalue weighted by atomic mass is 32.1. The monoisotopic (exact) mass is 500 g/mol. The van der Waals surface area contributed by atoms with E-state index in [1.54, 1.807) is 54.0 Å². The molecule has 3 aromatic carbocycles. The highest BCUT2D eigenvalue weighted by molar-refractivity contribution is 7.22. The number of benzene rings is 3. The van der Waals surface area contributed by atoms with E-state index >= 15 is 0 Å². The second kappa shape index (κ2) is 8.49. The summed E-state index contributed by atoms with van der Waals surface area (Å²) >= 11 is 2.54. The molecule has 1 amide bonds. The van der Waals surface area contributed by atoms with E-state index < -0.39 is 11.7 Å². The highest BCUT2D eigenvalue weighted by Gasteiger charge is 2.22. The van der Waals surface area contributed by atoms with Crippen molar-refractivity contribution < 1.29 is 13.6 Å². The molecule has 3 aromatic heterocycles. The van der Waals surface area contributed by atoms with Crippen LogP contribution in [-0.4, -0.2) is 22.1 Å². The van der Waals surface area contributed by atoms with Gasteiger partial charge in [0, 0.05) is 5.56 Å². The molecular formula is C25H13FN4O3S2. The lowest BCUT2D eigenvalue weighted by atomic mass is 10.2. The maximum Gasteiger partial charge on any atom is 0.280 e. The lowest BCUT2D eigenvalue weighted by Crippen LogP contribution is -2.26. The van der Waals surface area contributed by atoms with Crippen LogP contribution in [0.4, 0.5) is 9.52 Å². The Balaban J connectivity index is 1.46. The minimum absolute atomic E-state index is 0.173. The van der Waals surface area contributed by atoms with Crippen LogP contribution < -0.4 is 10.4 Å². The van der Waals surface area contributed by atoms with Gasteiger partial charge >= 0.3 is 0 Å². The zero-order valence-electron chi connectivity index (χ0n) is 17.7. The first kappa shape index (κ1) is 21.3. The fourth-order valence-electron chi connectivity index (χ4n) is 3.58. The van der Waals surface area contributed by atoms with Crippen LogP contribution in [0, 0.1) is 5.82 Å². The van der Waals surface area contributed by atoms with E-state index in [9.17, 15) is 14.0 Å². The van der Waals surface area contributed by atoms with E-state index in [1.807, 2.05) is 0 Å². The summed E-state index contributed by atoms with van der Waals surface area (Å²) in [5.74, 6) is -0.861. The van der Waals surface area contributed by atoms with Crippen LogP contribution >= 0.6 is 22.7 Å². The minimum atomic E-state index is -0.457. The molecule has 35 heavy (non-hydrogen) atoms. The van der Waals surface area contributed by atoms with E-state index in [1.165, 1.54) is 35.9 Å². The van der Waals surface area contributed by atoms with Gasteiger partial charge in [-0.3, -0.25) is 9.59 Å². The van der Waals surface area contributed by atoms with E-state index in [-0.39, 0.29) is 16.1 Å². The van der Waals surface area contributed by atoms with E-state index in [4.69, 9.17) is 4.42 Å². The largest absolute Gasteiger partial charge is 0.463 e. The average Bonchev–Trinajstić information content (AvgIpc) is 3.51. The van der Waals surface area contributed by atoms with E-state index in [0.29, 0.717) is 26.7 Å². The number of nitrogens with zero attached hydrogens (tertiary/aromatic N) is 4. The van der Waals surface area contributed by atoms with Crippen LogP contribution in [-0.2, 0) is 0 Å². The number of carbonyl (C=O) groups is 1. The Hall–Kier alpha value is -4.28. The van der Waals surface area contributed by atoms with Crippen molar-refractivity contribution >= 4 is 71.3 Å². The van der Waals surface area contributed by atoms with E-state index in [2.05, 4.69) is 15.1 Å². The second-order valence-corrected chi connectivity index (χ2v) is 9.42. The molecule has 7 nitrogen and oxygen atoms in total. The molecule has 0 aliphatic rings. The van der Waals surface area contributed by atoms with E-state index in [0.717, 1.165) is 26.6 Å². The number of rotatable bonds is 4.